The van der Waals surface area contributed by atoms with Crippen molar-refractivity contribution in [2.45, 2.75) is 60.8 Å². The molecular weight excluding hydrogens is 240 g/mol. The highest BCUT2D eigenvalue weighted by Gasteiger charge is 2.29. The van der Waals surface area contributed by atoms with E-state index in [4.69, 9.17) is 0 Å². The van der Waals surface area contributed by atoms with Gasteiger partial charge < -0.3 is 0 Å². The number of rotatable bonds is 2. The smallest absolute Gasteiger partial charge is 0.241 e. The Balaban J connectivity index is 3.00. The van der Waals surface area contributed by atoms with Gasteiger partial charge in [0.2, 0.25) is 10.9 Å². The van der Waals surface area contributed by atoms with Crippen LogP contribution in [0.5, 0.6) is 0 Å². The summed E-state index contributed by atoms with van der Waals surface area (Å²) in [7, 11) is 0. The van der Waals surface area contributed by atoms with Gasteiger partial charge in [-0.15, -0.1) is 23.5 Å². The van der Waals surface area contributed by atoms with Crippen molar-refractivity contribution < 1.29 is 0 Å². The fraction of sp³-hybridized carbons (Fsp3) is 0.667. The van der Waals surface area contributed by atoms with Gasteiger partial charge in [0.05, 0.1) is 9.79 Å². The third-order valence-electron chi connectivity index (χ3n) is 1.64. The van der Waals surface area contributed by atoms with E-state index in [1.54, 1.807) is 0 Å². The largest absolute Gasteiger partial charge is 0.284 e. The average Bonchev–Trinajstić information content (AvgIpc) is 2.07. The normalized spacial score (nSPS) is 13.4. The van der Waals surface area contributed by atoms with E-state index in [2.05, 4.69) is 0 Å². The van der Waals surface area contributed by atoms with Crippen LogP contribution in [0.1, 0.15) is 41.5 Å². The highest BCUT2D eigenvalue weighted by molar-refractivity contribution is 8.03. The number of hydrogen-bond acceptors (Lipinski definition) is 4. The summed E-state index contributed by atoms with van der Waals surface area (Å²) in [5.74, 6) is 0. The quantitative estimate of drug-likeness (QED) is 0.603. The molecular formula is C12H18O2S2. The minimum absolute atomic E-state index is 0.0324. The molecule has 0 aliphatic rings. The Hall–Kier alpha value is -0.220. The molecule has 0 aromatic heterocycles. The highest BCUT2D eigenvalue weighted by atomic mass is 32.2. The van der Waals surface area contributed by atoms with Crippen molar-refractivity contribution in [3.63, 3.8) is 0 Å². The van der Waals surface area contributed by atoms with Crippen LogP contribution in [-0.2, 0) is 0 Å². The summed E-state index contributed by atoms with van der Waals surface area (Å²) >= 11 is 2.99. The lowest BCUT2D eigenvalue weighted by Crippen LogP contribution is -2.37. The van der Waals surface area contributed by atoms with Crippen LogP contribution in [0.25, 0.3) is 0 Å². The summed E-state index contributed by atoms with van der Waals surface area (Å²) in [4.78, 5) is 24.3. The van der Waals surface area contributed by atoms with E-state index < -0.39 is 0 Å². The SMILES string of the molecule is CC(C)(C)Sc1c(SC(C)(C)C)c(=O)c1=O. The van der Waals surface area contributed by atoms with E-state index in [0.717, 1.165) is 0 Å². The van der Waals surface area contributed by atoms with Gasteiger partial charge in [0.1, 0.15) is 0 Å². The zero-order valence-electron chi connectivity index (χ0n) is 10.6. The van der Waals surface area contributed by atoms with Gasteiger partial charge in [-0.1, -0.05) is 41.5 Å². The Kier molecular flexibility index (Phi) is 3.65. The second-order valence-corrected chi connectivity index (χ2v) is 9.42. The van der Waals surface area contributed by atoms with Gasteiger partial charge in [-0.05, 0) is 0 Å². The van der Waals surface area contributed by atoms with Crippen LogP contribution in [0.2, 0.25) is 0 Å². The second kappa shape index (κ2) is 4.22. The molecule has 0 saturated heterocycles. The predicted molar refractivity (Wildman–Crippen MR) is 72.6 cm³/mol. The van der Waals surface area contributed by atoms with Crippen LogP contribution < -0.4 is 10.9 Å². The molecule has 0 aliphatic carbocycles. The van der Waals surface area contributed by atoms with Crippen LogP contribution in [-0.4, -0.2) is 9.49 Å². The fourth-order valence-corrected chi connectivity index (χ4v) is 3.36. The van der Waals surface area contributed by atoms with Crippen molar-refractivity contribution in [2.24, 2.45) is 0 Å². The van der Waals surface area contributed by atoms with Crippen LogP contribution in [0, 0.1) is 0 Å². The van der Waals surface area contributed by atoms with Crippen LogP contribution >= 0.6 is 23.5 Å². The highest BCUT2D eigenvalue weighted by Crippen LogP contribution is 2.39. The molecule has 90 valence electrons. The predicted octanol–water partition coefficient (Wildman–Crippen LogP) is 3.06. The lowest BCUT2D eigenvalue weighted by Gasteiger charge is -2.23. The summed E-state index contributed by atoms with van der Waals surface area (Å²) in [5, 5.41) is 0. The molecule has 1 rings (SSSR count). The first-order chi connectivity index (χ1) is 7.01. The summed E-state index contributed by atoms with van der Waals surface area (Å²) < 4.78 is -0.0647. The molecule has 2 nitrogen and oxygen atoms in total. The summed E-state index contributed by atoms with van der Waals surface area (Å²) in [6, 6.07) is 0. The van der Waals surface area contributed by atoms with Crippen molar-refractivity contribution in [2.75, 3.05) is 0 Å². The van der Waals surface area contributed by atoms with Gasteiger partial charge in [0.15, 0.2) is 0 Å². The van der Waals surface area contributed by atoms with Crippen molar-refractivity contribution in [1.82, 2.24) is 0 Å². The fourth-order valence-electron chi connectivity index (χ4n) is 1.15. The molecule has 4 heteroatoms. The van der Waals surface area contributed by atoms with Gasteiger partial charge in [-0.3, -0.25) is 9.59 Å². The maximum atomic E-state index is 11.5. The minimum atomic E-state index is -0.313. The Labute approximate surface area is 105 Å². The van der Waals surface area contributed by atoms with E-state index in [1.807, 2.05) is 41.5 Å². The summed E-state index contributed by atoms with van der Waals surface area (Å²) in [6.07, 6.45) is 0. The summed E-state index contributed by atoms with van der Waals surface area (Å²) in [6.45, 7) is 12.3. The molecule has 0 atom stereocenters. The first kappa shape index (κ1) is 13.8. The molecule has 0 heterocycles. The molecule has 1 aromatic carbocycles. The van der Waals surface area contributed by atoms with Gasteiger partial charge in [0.25, 0.3) is 0 Å². The molecule has 16 heavy (non-hydrogen) atoms. The molecule has 1 aromatic rings. The zero-order valence-corrected chi connectivity index (χ0v) is 12.3. The van der Waals surface area contributed by atoms with Crippen molar-refractivity contribution in [3.8, 4) is 0 Å². The molecule has 0 fully saturated rings. The second-order valence-electron chi connectivity index (χ2n) is 5.75. The lowest BCUT2D eigenvalue weighted by molar-refractivity contribution is 0.787. The van der Waals surface area contributed by atoms with E-state index in [-0.39, 0.29) is 20.4 Å². The lowest BCUT2D eigenvalue weighted by atomic mass is 10.2. The van der Waals surface area contributed by atoms with E-state index in [1.165, 1.54) is 23.5 Å². The molecule has 0 spiro atoms. The van der Waals surface area contributed by atoms with Crippen molar-refractivity contribution in [1.29, 1.82) is 0 Å². The Morgan fingerprint density at radius 1 is 0.688 bits per heavy atom. The average molecular weight is 258 g/mol. The molecule has 0 unspecified atom stereocenters. The molecule has 0 radical (unpaired) electrons. The third-order valence-corrected chi connectivity index (χ3v) is 4.18. The molecule has 0 amide bonds. The monoisotopic (exact) mass is 258 g/mol. The standard InChI is InChI=1S/C12H18O2S2/c1-11(2,3)15-9-7(13)8(14)10(9)16-12(4,5)6/h1-6H3. The number of hydrogen-bond donors (Lipinski definition) is 0. The van der Waals surface area contributed by atoms with Crippen LogP contribution in [0.3, 0.4) is 0 Å². The first-order valence-corrected chi connectivity index (χ1v) is 6.86. The zero-order chi connectivity index (χ0) is 12.7. The molecule has 0 N–H and O–H groups in total. The van der Waals surface area contributed by atoms with Gasteiger partial charge >= 0.3 is 0 Å². The van der Waals surface area contributed by atoms with Crippen LogP contribution in [0.15, 0.2) is 19.4 Å². The molecule has 0 saturated carbocycles. The van der Waals surface area contributed by atoms with Crippen molar-refractivity contribution >= 4 is 23.5 Å². The van der Waals surface area contributed by atoms with Gasteiger partial charge in [-0.2, -0.15) is 0 Å². The minimum Gasteiger partial charge on any atom is -0.284 e. The van der Waals surface area contributed by atoms with Crippen molar-refractivity contribution in [3.05, 3.63) is 20.4 Å². The first-order valence-electron chi connectivity index (χ1n) is 5.22. The number of thioether (sulfide) groups is 2. The Morgan fingerprint density at radius 3 is 1.12 bits per heavy atom. The molecule has 0 aliphatic heterocycles. The Bertz CT molecular complexity index is 411. The van der Waals surface area contributed by atoms with Gasteiger partial charge in [-0.25, -0.2) is 0 Å². The van der Waals surface area contributed by atoms with E-state index >= 15 is 0 Å². The summed E-state index contributed by atoms with van der Waals surface area (Å²) in [5.41, 5.74) is -0.627. The van der Waals surface area contributed by atoms with Gasteiger partial charge in [0, 0.05) is 9.49 Å². The topological polar surface area (TPSA) is 34.1 Å². The third kappa shape index (κ3) is 3.39. The van der Waals surface area contributed by atoms with Crippen LogP contribution in [0.4, 0.5) is 0 Å². The molecule has 0 bridgehead atoms. The van der Waals surface area contributed by atoms with E-state index in [0.29, 0.717) is 9.79 Å². The maximum Gasteiger partial charge on any atom is 0.241 e. The Morgan fingerprint density at radius 2 is 0.938 bits per heavy atom. The van der Waals surface area contributed by atoms with E-state index in [9.17, 15) is 9.59 Å². The maximum absolute atomic E-state index is 11.5.